The Bertz CT molecular complexity index is 1270. The van der Waals surface area contributed by atoms with Crippen molar-refractivity contribution < 1.29 is 4.39 Å². The highest BCUT2D eigenvalue weighted by Crippen LogP contribution is 2.42. The Kier molecular flexibility index (Phi) is 5.23. The van der Waals surface area contributed by atoms with Gasteiger partial charge >= 0.3 is 0 Å². The van der Waals surface area contributed by atoms with Gasteiger partial charge in [-0.1, -0.05) is 12.1 Å². The Hall–Kier alpha value is -3.51. The van der Waals surface area contributed by atoms with Crippen molar-refractivity contribution in [3.05, 3.63) is 114 Å². The molecular weight excluding hydrogens is 419 g/mol. The highest BCUT2D eigenvalue weighted by molar-refractivity contribution is 7.80. The lowest BCUT2D eigenvalue weighted by atomic mass is 10.0. The number of nitrogens with zero attached hydrogens (tertiary/aromatic N) is 3. The minimum atomic E-state index is -0.275. The lowest BCUT2D eigenvalue weighted by Crippen LogP contribution is -2.30. The van der Waals surface area contributed by atoms with E-state index in [0.29, 0.717) is 5.11 Å². The summed E-state index contributed by atoms with van der Waals surface area (Å²) in [5.41, 5.74) is 6.38. The highest BCUT2D eigenvalue weighted by atomic mass is 32.1. The molecule has 0 unspecified atom stereocenters. The van der Waals surface area contributed by atoms with Crippen molar-refractivity contribution in [2.24, 2.45) is 0 Å². The standard InChI is InChI=1S/C26H23FN4S/c1-17-8-11-21(16-18(17)2)30-15-5-7-23(30)25-24(22-6-3-4-14-28-22)29-26(32)31(25)20-12-9-19(27)10-13-20/h3-16,24-25H,1-2H3,(H,29,32)/t24-,25-/m1/s1. The average molecular weight is 443 g/mol. The van der Waals surface area contributed by atoms with Crippen LogP contribution in [0.4, 0.5) is 10.1 Å². The number of anilines is 1. The maximum Gasteiger partial charge on any atom is 0.174 e. The molecule has 0 aliphatic carbocycles. The van der Waals surface area contributed by atoms with Gasteiger partial charge < -0.3 is 14.8 Å². The molecule has 4 nitrogen and oxygen atoms in total. The van der Waals surface area contributed by atoms with Crippen LogP contribution in [0, 0.1) is 19.7 Å². The zero-order valence-electron chi connectivity index (χ0n) is 17.9. The third kappa shape index (κ3) is 3.56. The van der Waals surface area contributed by atoms with Gasteiger partial charge in [-0.3, -0.25) is 4.98 Å². The molecule has 6 heteroatoms. The summed E-state index contributed by atoms with van der Waals surface area (Å²) in [4.78, 5) is 6.66. The van der Waals surface area contributed by atoms with Gasteiger partial charge in [-0.2, -0.15) is 0 Å². The van der Waals surface area contributed by atoms with Gasteiger partial charge in [0.1, 0.15) is 11.9 Å². The Morgan fingerprint density at radius 1 is 0.906 bits per heavy atom. The topological polar surface area (TPSA) is 33.1 Å². The van der Waals surface area contributed by atoms with Gasteiger partial charge in [0.2, 0.25) is 0 Å². The van der Waals surface area contributed by atoms with E-state index < -0.39 is 0 Å². The van der Waals surface area contributed by atoms with Crippen LogP contribution in [0.2, 0.25) is 0 Å². The maximum atomic E-state index is 13.7. The Morgan fingerprint density at radius 3 is 2.41 bits per heavy atom. The number of pyridine rings is 1. The predicted molar refractivity (Wildman–Crippen MR) is 130 cm³/mol. The van der Waals surface area contributed by atoms with E-state index in [1.165, 1.54) is 23.3 Å². The number of hydrogen-bond acceptors (Lipinski definition) is 2. The molecule has 4 aromatic rings. The molecule has 2 aromatic heterocycles. The van der Waals surface area contributed by atoms with Crippen LogP contribution in [-0.2, 0) is 0 Å². The first-order chi connectivity index (χ1) is 15.5. The fraction of sp³-hybridized carbons (Fsp3) is 0.154. The molecule has 160 valence electrons. The van der Waals surface area contributed by atoms with E-state index in [1.807, 2.05) is 24.3 Å². The Balaban J connectivity index is 1.67. The zero-order chi connectivity index (χ0) is 22.2. The molecule has 1 aliphatic heterocycles. The van der Waals surface area contributed by atoms with Gasteiger partial charge in [0, 0.05) is 29.5 Å². The second-order valence-electron chi connectivity index (χ2n) is 8.04. The molecule has 2 aromatic carbocycles. The number of benzene rings is 2. The second kappa shape index (κ2) is 8.20. The minimum Gasteiger partial charge on any atom is -0.351 e. The average Bonchev–Trinajstić information content (AvgIpc) is 3.41. The molecule has 0 amide bonds. The van der Waals surface area contributed by atoms with Gasteiger partial charge in [-0.05, 0) is 97.9 Å². The Labute approximate surface area is 192 Å². The van der Waals surface area contributed by atoms with E-state index in [4.69, 9.17) is 12.2 Å². The number of thiocarbonyl (C=S) groups is 1. The van der Waals surface area contributed by atoms with Crippen LogP contribution in [-0.4, -0.2) is 14.7 Å². The first kappa shape index (κ1) is 20.4. The van der Waals surface area contributed by atoms with Gasteiger partial charge in [0.15, 0.2) is 5.11 Å². The monoisotopic (exact) mass is 442 g/mol. The van der Waals surface area contributed by atoms with Crippen LogP contribution in [0.1, 0.15) is 34.6 Å². The van der Waals surface area contributed by atoms with Gasteiger partial charge in [0.05, 0.1) is 11.7 Å². The quantitative estimate of drug-likeness (QED) is 0.405. The summed E-state index contributed by atoms with van der Waals surface area (Å²) in [5, 5.41) is 4.05. The first-order valence-corrected chi connectivity index (χ1v) is 10.9. The summed E-state index contributed by atoms with van der Waals surface area (Å²) in [7, 11) is 0. The fourth-order valence-corrected chi connectivity index (χ4v) is 4.63. The second-order valence-corrected chi connectivity index (χ2v) is 8.43. The summed E-state index contributed by atoms with van der Waals surface area (Å²) in [5.74, 6) is -0.275. The summed E-state index contributed by atoms with van der Waals surface area (Å²) < 4.78 is 15.9. The summed E-state index contributed by atoms with van der Waals surface area (Å²) in [6, 6.07) is 22.6. The van der Waals surface area contributed by atoms with Gasteiger partial charge in [-0.15, -0.1) is 0 Å². The lowest BCUT2D eigenvalue weighted by Gasteiger charge is -2.29. The van der Waals surface area contributed by atoms with E-state index in [-0.39, 0.29) is 17.9 Å². The molecule has 1 saturated heterocycles. The first-order valence-electron chi connectivity index (χ1n) is 10.5. The van der Waals surface area contributed by atoms with Crippen LogP contribution in [0.5, 0.6) is 0 Å². The molecule has 5 rings (SSSR count). The molecule has 0 radical (unpaired) electrons. The van der Waals surface area contributed by atoms with Crippen molar-refractivity contribution in [2.45, 2.75) is 25.9 Å². The van der Waals surface area contributed by atoms with E-state index in [1.54, 1.807) is 18.3 Å². The van der Waals surface area contributed by atoms with E-state index in [9.17, 15) is 4.39 Å². The van der Waals surface area contributed by atoms with Crippen molar-refractivity contribution >= 4 is 23.0 Å². The van der Waals surface area contributed by atoms with Crippen LogP contribution in [0.15, 0.2) is 85.2 Å². The molecule has 3 heterocycles. The number of halogens is 1. The fourth-order valence-electron chi connectivity index (χ4n) is 4.28. The third-order valence-corrected chi connectivity index (χ3v) is 6.37. The van der Waals surface area contributed by atoms with Crippen LogP contribution in [0.3, 0.4) is 0 Å². The molecule has 1 fully saturated rings. The van der Waals surface area contributed by atoms with Crippen molar-refractivity contribution in [2.75, 3.05) is 4.90 Å². The van der Waals surface area contributed by atoms with Crippen LogP contribution < -0.4 is 10.2 Å². The van der Waals surface area contributed by atoms with E-state index >= 15 is 0 Å². The summed E-state index contributed by atoms with van der Waals surface area (Å²) >= 11 is 5.77. The molecule has 0 bridgehead atoms. The normalized spacial score (nSPS) is 18.1. The summed E-state index contributed by atoms with van der Waals surface area (Å²) in [6.45, 7) is 4.23. The Morgan fingerprint density at radius 2 is 1.69 bits per heavy atom. The number of hydrogen-bond donors (Lipinski definition) is 1. The van der Waals surface area contributed by atoms with Crippen LogP contribution in [0.25, 0.3) is 5.69 Å². The molecule has 32 heavy (non-hydrogen) atoms. The van der Waals surface area contributed by atoms with Gasteiger partial charge in [0.25, 0.3) is 0 Å². The van der Waals surface area contributed by atoms with Crippen molar-refractivity contribution in [1.29, 1.82) is 0 Å². The molecule has 2 atom stereocenters. The molecular formula is C26H23FN4S. The van der Waals surface area contributed by atoms with E-state index in [2.05, 4.69) is 64.1 Å². The number of rotatable bonds is 4. The van der Waals surface area contributed by atoms with Gasteiger partial charge in [-0.25, -0.2) is 4.39 Å². The highest BCUT2D eigenvalue weighted by Gasteiger charge is 2.42. The number of nitrogens with one attached hydrogen (secondary N) is 1. The minimum absolute atomic E-state index is 0.158. The molecule has 0 saturated carbocycles. The van der Waals surface area contributed by atoms with Crippen molar-refractivity contribution in [3.63, 3.8) is 0 Å². The lowest BCUT2D eigenvalue weighted by molar-refractivity contribution is 0.549. The molecule has 0 spiro atoms. The molecule has 1 N–H and O–H groups in total. The third-order valence-electron chi connectivity index (χ3n) is 6.05. The summed E-state index contributed by atoms with van der Waals surface area (Å²) in [6.07, 6.45) is 3.86. The smallest absolute Gasteiger partial charge is 0.174 e. The van der Waals surface area contributed by atoms with Crippen LogP contribution >= 0.6 is 12.2 Å². The number of aryl methyl sites for hydroxylation is 2. The van der Waals surface area contributed by atoms with Crippen molar-refractivity contribution in [1.82, 2.24) is 14.9 Å². The SMILES string of the molecule is Cc1ccc(-n2cccc2[C@@H]2[C@@H](c3ccccn3)NC(=S)N2c2ccc(F)cc2)cc1C. The predicted octanol–water partition coefficient (Wildman–Crippen LogP) is 5.81. The molecule has 1 aliphatic rings. The number of aromatic nitrogens is 2. The van der Waals surface area contributed by atoms with E-state index in [0.717, 1.165) is 22.8 Å². The maximum absolute atomic E-state index is 13.7. The largest absolute Gasteiger partial charge is 0.351 e. The zero-order valence-corrected chi connectivity index (χ0v) is 18.7. The van der Waals surface area contributed by atoms with Crippen molar-refractivity contribution in [3.8, 4) is 5.69 Å².